The van der Waals surface area contributed by atoms with Crippen LogP contribution in [0.1, 0.15) is 6.42 Å². The van der Waals surface area contributed by atoms with Crippen molar-refractivity contribution in [3.8, 4) is 17.2 Å². The zero-order valence-corrected chi connectivity index (χ0v) is 20.3. The number of halogens is 6. The minimum Gasteiger partial charge on any atom is -0.456 e. The monoisotopic (exact) mass is 549 g/mol. The third-order valence-corrected chi connectivity index (χ3v) is 4.91. The van der Waals surface area contributed by atoms with Crippen LogP contribution in [0.2, 0.25) is 5.02 Å². The highest BCUT2D eigenvalue weighted by atomic mass is 35.5. The van der Waals surface area contributed by atoms with Crippen LogP contribution in [0.25, 0.3) is 11.0 Å². The van der Waals surface area contributed by atoms with Crippen molar-refractivity contribution in [3.63, 3.8) is 0 Å². The van der Waals surface area contributed by atoms with Crippen LogP contribution < -0.4 is 20.5 Å². The maximum absolute atomic E-state index is 12.4. The summed E-state index contributed by atoms with van der Waals surface area (Å²) in [6, 6.07) is 12.1. The summed E-state index contributed by atoms with van der Waals surface area (Å²) in [4.78, 5) is 8.64. The smallest absolute Gasteiger partial charge is 0.456 e. The molecule has 3 N–H and O–H groups in total. The van der Waals surface area contributed by atoms with Gasteiger partial charge in [0.15, 0.2) is 5.82 Å². The second kappa shape index (κ2) is 12.2. The molecule has 35 heavy (non-hydrogen) atoms. The maximum Gasteiger partial charge on any atom is 0.573 e. The predicted molar refractivity (Wildman–Crippen MR) is 134 cm³/mol. The van der Waals surface area contributed by atoms with Gasteiger partial charge in [-0.15, -0.1) is 38.0 Å². The Bertz CT molecular complexity index is 1270. The third-order valence-electron chi connectivity index (χ3n) is 4.61. The van der Waals surface area contributed by atoms with Gasteiger partial charge in [-0.05, 0) is 49.4 Å². The minimum absolute atomic E-state index is 0. The van der Waals surface area contributed by atoms with E-state index >= 15 is 0 Å². The molecule has 188 valence electrons. The van der Waals surface area contributed by atoms with E-state index in [1.807, 2.05) is 16.8 Å². The van der Waals surface area contributed by atoms with Crippen molar-refractivity contribution in [2.24, 2.45) is 5.73 Å². The summed E-state index contributed by atoms with van der Waals surface area (Å²) in [7, 11) is 0. The number of alkyl halides is 3. The molecular weight excluding hydrogens is 530 g/mol. The van der Waals surface area contributed by atoms with Gasteiger partial charge in [-0.25, -0.2) is 9.97 Å². The Kier molecular flexibility index (Phi) is 9.84. The Morgan fingerprint density at radius 2 is 1.80 bits per heavy atom. The number of ether oxygens (including phenoxy) is 2. The minimum atomic E-state index is -4.79. The first-order valence-electron chi connectivity index (χ1n) is 9.92. The second-order valence-electron chi connectivity index (χ2n) is 7.00. The van der Waals surface area contributed by atoms with Crippen LogP contribution >= 0.6 is 36.4 Å². The standard InChI is InChI=1S/C22H19ClF3N5O2.2ClH/c23-17-11-14(30-21-20-18(28-13-29-21)7-10-31(20)9-2-8-27)5-6-19(17)32-15-3-1-4-16(12-15)33-22(24,25)26;;/h1,3-7,10-13H,2,8-9,27H2,(H,28,29,30);2*1H. The first-order valence-corrected chi connectivity index (χ1v) is 10.3. The zero-order valence-electron chi connectivity index (χ0n) is 18.0. The van der Waals surface area contributed by atoms with E-state index in [4.69, 9.17) is 22.1 Å². The van der Waals surface area contributed by atoms with Gasteiger partial charge in [0.25, 0.3) is 0 Å². The number of nitrogens with one attached hydrogen (secondary N) is 1. The molecule has 0 fully saturated rings. The summed E-state index contributed by atoms with van der Waals surface area (Å²) >= 11 is 6.36. The number of hydrogen-bond donors (Lipinski definition) is 2. The number of nitrogens with two attached hydrogens (primary N) is 1. The van der Waals surface area contributed by atoms with E-state index in [1.165, 1.54) is 24.5 Å². The summed E-state index contributed by atoms with van der Waals surface area (Å²) in [5, 5.41) is 3.48. The van der Waals surface area contributed by atoms with Gasteiger partial charge in [0.2, 0.25) is 0 Å². The van der Waals surface area contributed by atoms with Gasteiger partial charge in [-0.2, -0.15) is 0 Å². The van der Waals surface area contributed by atoms with Gasteiger partial charge in [0.1, 0.15) is 29.1 Å². The third kappa shape index (κ3) is 7.28. The van der Waals surface area contributed by atoms with Crippen molar-refractivity contribution in [1.29, 1.82) is 0 Å². The summed E-state index contributed by atoms with van der Waals surface area (Å²) in [6.07, 6.45) is -0.584. The Morgan fingerprint density at radius 3 is 2.51 bits per heavy atom. The van der Waals surface area contributed by atoms with Gasteiger partial charge in [0, 0.05) is 24.5 Å². The summed E-state index contributed by atoms with van der Waals surface area (Å²) in [6.45, 7) is 1.30. The van der Waals surface area contributed by atoms with Crippen molar-refractivity contribution < 1.29 is 22.6 Å². The number of fused-ring (bicyclic) bond motifs is 1. The largest absolute Gasteiger partial charge is 0.573 e. The molecule has 0 unspecified atom stereocenters. The molecule has 0 saturated heterocycles. The number of aromatic nitrogens is 3. The Hall–Kier alpha value is -2.92. The first kappa shape index (κ1) is 28.3. The highest BCUT2D eigenvalue weighted by Crippen LogP contribution is 2.35. The number of nitrogens with zero attached hydrogens (tertiary/aromatic N) is 3. The number of rotatable bonds is 8. The molecule has 2 aromatic heterocycles. The topological polar surface area (TPSA) is 87.2 Å². The number of aryl methyl sites for hydroxylation is 1. The molecule has 0 amide bonds. The van der Waals surface area contributed by atoms with Crippen LogP contribution in [0.4, 0.5) is 24.7 Å². The van der Waals surface area contributed by atoms with E-state index in [0.29, 0.717) is 18.1 Å². The average Bonchev–Trinajstić information content (AvgIpc) is 3.17. The molecule has 7 nitrogen and oxygen atoms in total. The van der Waals surface area contributed by atoms with Crippen molar-refractivity contribution >= 4 is 59.0 Å². The van der Waals surface area contributed by atoms with Crippen LogP contribution in [0.3, 0.4) is 0 Å². The van der Waals surface area contributed by atoms with Crippen molar-refractivity contribution in [2.45, 2.75) is 19.3 Å². The van der Waals surface area contributed by atoms with Crippen molar-refractivity contribution in [2.75, 3.05) is 11.9 Å². The van der Waals surface area contributed by atoms with Crippen LogP contribution in [-0.2, 0) is 6.54 Å². The van der Waals surface area contributed by atoms with Crippen LogP contribution in [0.5, 0.6) is 17.2 Å². The molecule has 0 aliphatic heterocycles. The van der Waals surface area contributed by atoms with Crippen LogP contribution in [0.15, 0.2) is 61.1 Å². The van der Waals surface area contributed by atoms with Crippen LogP contribution in [0, 0.1) is 0 Å². The van der Waals surface area contributed by atoms with Gasteiger partial charge < -0.3 is 25.1 Å². The van der Waals surface area contributed by atoms with Crippen molar-refractivity contribution in [1.82, 2.24) is 14.5 Å². The van der Waals surface area contributed by atoms with Gasteiger partial charge >= 0.3 is 6.36 Å². The van der Waals surface area contributed by atoms with E-state index in [1.54, 1.807) is 18.2 Å². The summed E-state index contributed by atoms with van der Waals surface area (Å²) < 4.78 is 48.9. The SMILES string of the molecule is Cl.Cl.NCCCn1ccc2ncnc(Nc3ccc(Oc4cccc(OC(F)(F)F)c4)c(Cl)c3)c21. The van der Waals surface area contributed by atoms with E-state index in [9.17, 15) is 13.2 Å². The lowest BCUT2D eigenvalue weighted by Crippen LogP contribution is -2.17. The Balaban J connectivity index is 0.00000216. The van der Waals surface area contributed by atoms with Gasteiger partial charge in [0.05, 0.1) is 10.5 Å². The molecule has 2 heterocycles. The molecule has 4 aromatic rings. The normalized spacial score (nSPS) is 10.9. The molecule has 0 aliphatic rings. The fraction of sp³-hybridized carbons (Fsp3) is 0.182. The van der Waals surface area contributed by atoms with Crippen LogP contribution in [-0.4, -0.2) is 27.4 Å². The molecule has 4 rings (SSSR count). The van der Waals surface area contributed by atoms with E-state index in [2.05, 4.69) is 20.0 Å². The second-order valence-corrected chi connectivity index (χ2v) is 7.41. The highest BCUT2D eigenvalue weighted by Gasteiger charge is 2.31. The molecular formula is C22H21Cl3F3N5O2. The first-order chi connectivity index (χ1) is 15.8. The number of hydrogen-bond acceptors (Lipinski definition) is 6. The summed E-state index contributed by atoms with van der Waals surface area (Å²) in [5.41, 5.74) is 7.90. The average molecular weight is 551 g/mol. The van der Waals surface area contributed by atoms with Crippen molar-refractivity contribution in [3.05, 3.63) is 66.1 Å². The zero-order chi connectivity index (χ0) is 23.4. The molecule has 0 saturated carbocycles. The molecule has 0 spiro atoms. The van der Waals surface area contributed by atoms with E-state index in [-0.39, 0.29) is 47.1 Å². The Morgan fingerprint density at radius 1 is 1.03 bits per heavy atom. The highest BCUT2D eigenvalue weighted by molar-refractivity contribution is 6.32. The number of benzene rings is 2. The molecule has 0 atom stereocenters. The maximum atomic E-state index is 12.4. The lowest BCUT2D eigenvalue weighted by atomic mass is 10.2. The fourth-order valence-corrected chi connectivity index (χ4v) is 3.45. The quantitative estimate of drug-likeness (QED) is 0.253. The van der Waals surface area contributed by atoms with E-state index < -0.39 is 6.36 Å². The molecule has 0 aliphatic carbocycles. The lowest BCUT2D eigenvalue weighted by Gasteiger charge is -2.13. The Labute approximate surface area is 216 Å². The number of anilines is 2. The molecule has 0 radical (unpaired) electrons. The fourth-order valence-electron chi connectivity index (χ4n) is 3.23. The molecule has 2 aromatic carbocycles. The molecule has 13 heteroatoms. The van der Waals surface area contributed by atoms with E-state index in [0.717, 1.165) is 30.1 Å². The van der Waals surface area contributed by atoms with Gasteiger partial charge in [-0.1, -0.05) is 17.7 Å². The molecule has 0 bridgehead atoms. The lowest BCUT2D eigenvalue weighted by molar-refractivity contribution is -0.274. The predicted octanol–water partition coefficient (Wildman–Crippen LogP) is 6.71. The summed E-state index contributed by atoms with van der Waals surface area (Å²) in [5.74, 6) is 0.628. The van der Waals surface area contributed by atoms with Gasteiger partial charge in [-0.3, -0.25) is 0 Å².